The molecule has 0 radical (unpaired) electrons. The number of hydrogen-bond acceptors (Lipinski definition) is 4. The molecule has 1 fully saturated rings. The van der Waals surface area contributed by atoms with Crippen LogP contribution in [0.3, 0.4) is 0 Å². The molecule has 3 N–H and O–H groups in total. The summed E-state index contributed by atoms with van der Waals surface area (Å²) in [5.74, 6) is -0.958. The minimum atomic E-state index is -1.64. The van der Waals surface area contributed by atoms with Gasteiger partial charge in [-0.2, -0.15) is 0 Å². The second-order valence-corrected chi connectivity index (χ2v) is 6.81. The van der Waals surface area contributed by atoms with Gasteiger partial charge < -0.3 is 20.3 Å². The molecule has 2 amide bonds. The average Bonchev–Trinajstić information content (AvgIpc) is 2.55. The summed E-state index contributed by atoms with van der Waals surface area (Å²) in [4.78, 5) is 25.6. The fourth-order valence-corrected chi connectivity index (χ4v) is 3.16. The number of piperidine rings is 1. The van der Waals surface area contributed by atoms with Crippen LogP contribution in [0.15, 0.2) is 18.2 Å². The summed E-state index contributed by atoms with van der Waals surface area (Å²) in [5.41, 5.74) is 3.16. The molecule has 0 saturated carbocycles. The van der Waals surface area contributed by atoms with Gasteiger partial charge in [-0.05, 0) is 44.2 Å². The molecule has 1 aromatic carbocycles. The van der Waals surface area contributed by atoms with E-state index < -0.39 is 13.1 Å². The maximum Gasteiger partial charge on any atom is 0.475 e. The zero-order valence-corrected chi connectivity index (χ0v) is 15.0. The summed E-state index contributed by atoms with van der Waals surface area (Å²) >= 11 is 0. The Morgan fingerprint density at radius 3 is 2.72 bits per heavy atom. The second kappa shape index (κ2) is 9.01. The Balaban J connectivity index is 1.89. The van der Waals surface area contributed by atoms with Crippen LogP contribution in [0.4, 0.5) is 0 Å². The van der Waals surface area contributed by atoms with Crippen LogP contribution in [0.1, 0.15) is 42.4 Å². The van der Waals surface area contributed by atoms with Crippen LogP contribution in [0.25, 0.3) is 0 Å². The van der Waals surface area contributed by atoms with Gasteiger partial charge in [-0.3, -0.25) is 9.59 Å². The summed E-state index contributed by atoms with van der Waals surface area (Å²) in [7, 11) is -1.64. The van der Waals surface area contributed by atoms with E-state index in [1.54, 1.807) is 4.90 Å². The standard InChI is InChI=1S/C18H27BN2O4/c1-13-6-7-15(14(2)11-13)12-16(19(24)25)20-17(22)8-10-21-9-4-3-5-18(21)23/h6-7,11,16,24-25H,3-5,8-10,12H2,1-2H3,(H,20,22). The molecule has 0 aliphatic carbocycles. The molecular weight excluding hydrogens is 319 g/mol. The lowest BCUT2D eigenvalue weighted by atomic mass is 9.75. The zero-order valence-electron chi connectivity index (χ0n) is 15.0. The minimum absolute atomic E-state index is 0.0908. The molecule has 6 nitrogen and oxygen atoms in total. The maximum atomic E-state index is 12.2. The number of carbonyl (C=O) groups excluding carboxylic acids is 2. The highest BCUT2D eigenvalue weighted by Gasteiger charge is 2.26. The van der Waals surface area contributed by atoms with Crippen LogP contribution in [-0.2, 0) is 16.0 Å². The number of benzene rings is 1. The Kier molecular flexibility index (Phi) is 7.02. The number of nitrogens with one attached hydrogen (secondary N) is 1. The van der Waals surface area contributed by atoms with E-state index in [9.17, 15) is 19.6 Å². The molecule has 1 aliphatic rings. The van der Waals surface area contributed by atoms with Crippen molar-refractivity contribution < 1.29 is 19.6 Å². The Morgan fingerprint density at radius 1 is 1.32 bits per heavy atom. The maximum absolute atomic E-state index is 12.2. The fourth-order valence-electron chi connectivity index (χ4n) is 3.16. The molecule has 1 aliphatic heterocycles. The number of carbonyl (C=O) groups is 2. The third-order valence-corrected chi connectivity index (χ3v) is 4.67. The molecule has 1 atom stereocenters. The lowest BCUT2D eigenvalue weighted by Crippen LogP contribution is -2.49. The van der Waals surface area contributed by atoms with Gasteiger partial charge in [0, 0.05) is 25.9 Å². The van der Waals surface area contributed by atoms with E-state index in [1.165, 1.54) is 0 Å². The monoisotopic (exact) mass is 346 g/mol. The van der Waals surface area contributed by atoms with Gasteiger partial charge in [-0.25, -0.2) is 0 Å². The van der Waals surface area contributed by atoms with Crippen LogP contribution >= 0.6 is 0 Å². The van der Waals surface area contributed by atoms with E-state index in [4.69, 9.17) is 0 Å². The third kappa shape index (κ3) is 5.86. The van der Waals surface area contributed by atoms with Crippen molar-refractivity contribution in [2.75, 3.05) is 13.1 Å². The largest absolute Gasteiger partial charge is 0.475 e. The van der Waals surface area contributed by atoms with Crippen molar-refractivity contribution >= 4 is 18.9 Å². The van der Waals surface area contributed by atoms with Crippen molar-refractivity contribution in [1.82, 2.24) is 10.2 Å². The number of likely N-dealkylation sites (tertiary alicyclic amines) is 1. The van der Waals surface area contributed by atoms with Crippen LogP contribution in [0.5, 0.6) is 0 Å². The van der Waals surface area contributed by atoms with E-state index >= 15 is 0 Å². The first kappa shape index (κ1) is 19.5. The van der Waals surface area contributed by atoms with Crippen LogP contribution < -0.4 is 5.32 Å². The predicted molar refractivity (Wildman–Crippen MR) is 96.8 cm³/mol. The molecule has 136 valence electrons. The highest BCUT2D eigenvalue weighted by molar-refractivity contribution is 6.43. The van der Waals surface area contributed by atoms with Gasteiger partial charge in [-0.15, -0.1) is 0 Å². The van der Waals surface area contributed by atoms with Crippen LogP contribution in [0.2, 0.25) is 0 Å². The summed E-state index contributed by atoms with van der Waals surface area (Å²) in [6.07, 6.45) is 2.94. The summed E-state index contributed by atoms with van der Waals surface area (Å²) in [6.45, 7) is 5.04. The molecule has 0 bridgehead atoms. The highest BCUT2D eigenvalue weighted by atomic mass is 16.4. The smallest absolute Gasteiger partial charge is 0.426 e. The second-order valence-electron chi connectivity index (χ2n) is 6.81. The SMILES string of the molecule is Cc1ccc(CC(NC(=O)CCN2CCCCC2=O)B(O)O)c(C)c1. The van der Waals surface area contributed by atoms with Crippen molar-refractivity contribution in [3.05, 3.63) is 34.9 Å². The molecule has 25 heavy (non-hydrogen) atoms. The third-order valence-electron chi connectivity index (χ3n) is 4.67. The number of rotatable bonds is 7. The fraction of sp³-hybridized carbons (Fsp3) is 0.556. The van der Waals surface area contributed by atoms with E-state index in [2.05, 4.69) is 5.32 Å². The van der Waals surface area contributed by atoms with Crippen molar-refractivity contribution in [2.24, 2.45) is 0 Å². The van der Waals surface area contributed by atoms with Gasteiger partial charge in [0.15, 0.2) is 0 Å². The molecule has 1 saturated heterocycles. The van der Waals surface area contributed by atoms with Gasteiger partial charge in [0.1, 0.15) is 0 Å². The van der Waals surface area contributed by atoms with Gasteiger partial charge >= 0.3 is 7.12 Å². The zero-order chi connectivity index (χ0) is 18.4. The summed E-state index contributed by atoms with van der Waals surface area (Å²) in [5, 5.41) is 21.9. The van der Waals surface area contributed by atoms with E-state index in [0.29, 0.717) is 25.9 Å². The van der Waals surface area contributed by atoms with E-state index in [1.807, 2.05) is 32.0 Å². The number of aryl methyl sites for hydroxylation is 2. The molecule has 7 heteroatoms. The van der Waals surface area contributed by atoms with Gasteiger partial charge in [0.2, 0.25) is 11.8 Å². The first-order valence-electron chi connectivity index (χ1n) is 8.86. The highest BCUT2D eigenvalue weighted by Crippen LogP contribution is 2.14. The Morgan fingerprint density at radius 2 is 2.08 bits per heavy atom. The topological polar surface area (TPSA) is 89.9 Å². The van der Waals surface area contributed by atoms with Crippen molar-refractivity contribution in [3.8, 4) is 0 Å². The van der Waals surface area contributed by atoms with Gasteiger partial charge in [0.05, 0.1) is 5.94 Å². The summed E-state index contributed by atoms with van der Waals surface area (Å²) < 4.78 is 0. The lowest BCUT2D eigenvalue weighted by molar-refractivity contribution is -0.133. The molecule has 1 unspecified atom stereocenters. The van der Waals surface area contributed by atoms with Crippen molar-refractivity contribution in [2.45, 2.75) is 51.9 Å². The van der Waals surface area contributed by atoms with Crippen molar-refractivity contribution in [1.29, 1.82) is 0 Å². The quantitative estimate of drug-likeness (QED) is 0.636. The van der Waals surface area contributed by atoms with E-state index in [0.717, 1.165) is 29.5 Å². The number of nitrogens with zero attached hydrogens (tertiary/aromatic N) is 1. The molecule has 1 heterocycles. The molecule has 0 aromatic heterocycles. The Hall–Kier alpha value is -1.86. The van der Waals surface area contributed by atoms with Crippen molar-refractivity contribution in [3.63, 3.8) is 0 Å². The van der Waals surface area contributed by atoms with Gasteiger partial charge in [-0.1, -0.05) is 23.8 Å². The van der Waals surface area contributed by atoms with Gasteiger partial charge in [0.25, 0.3) is 0 Å². The lowest BCUT2D eigenvalue weighted by Gasteiger charge is -2.27. The summed E-state index contributed by atoms with van der Waals surface area (Å²) in [6, 6.07) is 5.94. The molecule has 0 spiro atoms. The molecule has 2 rings (SSSR count). The minimum Gasteiger partial charge on any atom is -0.426 e. The normalized spacial score (nSPS) is 15.8. The molecular formula is C18H27BN2O4. The van der Waals surface area contributed by atoms with Crippen LogP contribution in [0, 0.1) is 13.8 Å². The number of hydrogen-bond donors (Lipinski definition) is 3. The predicted octanol–water partition coefficient (Wildman–Crippen LogP) is 0.745. The first-order valence-corrected chi connectivity index (χ1v) is 8.86. The molecule has 1 aromatic rings. The van der Waals surface area contributed by atoms with Crippen LogP contribution in [-0.4, -0.2) is 52.9 Å². The number of amides is 2. The van der Waals surface area contributed by atoms with E-state index in [-0.39, 0.29) is 18.2 Å². The Bertz CT molecular complexity index is 621. The Labute approximate surface area is 149 Å². The average molecular weight is 346 g/mol. The first-order chi connectivity index (χ1) is 11.9.